The Morgan fingerprint density at radius 3 is 2.56 bits per heavy atom. The summed E-state index contributed by atoms with van der Waals surface area (Å²) < 4.78 is 2.40. The minimum Gasteiger partial charge on any atom is -0.333 e. The van der Waals surface area contributed by atoms with E-state index in [1.54, 1.807) is 19.2 Å². The summed E-state index contributed by atoms with van der Waals surface area (Å²) in [7, 11) is 3.03. The van der Waals surface area contributed by atoms with Crippen molar-refractivity contribution < 1.29 is 0 Å². The van der Waals surface area contributed by atoms with Crippen LogP contribution in [-0.2, 0) is 14.1 Å². The molecule has 0 atom stereocenters. The maximum absolute atomic E-state index is 11.8. The van der Waals surface area contributed by atoms with Crippen LogP contribution in [0.25, 0.3) is 17.2 Å². The van der Waals surface area contributed by atoms with Gasteiger partial charge in [-0.15, -0.1) is 0 Å². The first kappa shape index (κ1) is 10.4. The summed E-state index contributed by atoms with van der Waals surface area (Å²) in [5.41, 5.74) is -0.0173. The lowest BCUT2D eigenvalue weighted by atomic mass is 10.5. The van der Waals surface area contributed by atoms with Gasteiger partial charge in [0.2, 0.25) is 0 Å². The van der Waals surface area contributed by atoms with Crippen LogP contribution in [0.2, 0.25) is 0 Å². The Labute approximate surface area is 90.9 Å². The summed E-state index contributed by atoms with van der Waals surface area (Å²) in [5.74, 6) is 0.566. The molecular weight excluding hydrogens is 208 g/mol. The first-order valence-electron chi connectivity index (χ1n) is 4.84. The number of hydrogen-bond acceptors (Lipinski definition) is 3. The number of nitrogens with zero attached hydrogens (tertiary/aromatic N) is 3. The monoisotopic (exact) mass is 220 g/mol. The third kappa shape index (κ3) is 1.30. The van der Waals surface area contributed by atoms with Gasteiger partial charge in [0.15, 0.2) is 5.65 Å². The zero-order chi connectivity index (χ0) is 11.9. The lowest BCUT2D eigenvalue weighted by Crippen LogP contribution is -2.36. The van der Waals surface area contributed by atoms with E-state index in [0.717, 1.165) is 4.57 Å². The fourth-order valence-corrected chi connectivity index (χ4v) is 1.58. The number of rotatable bonds is 1. The highest BCUT2D eigenvalue weighted by Crippen LogP contribution is 2.05. The lowest BCUT2D eigenvalue weighted by Gasteiger charge is -2.00. The predicted molar refractivity (Wildman–Crippen MR) is 61.3 cm³/mol. The van der Waals surface area contributed by atoms with E-state index in [1.165, 1.54) is 11.6 Å². The van der Waals surface area contributed by atoms with E-state index in [4.69, 9.17) is 0 Å². The highest BCUT2D eigenvalue weighted by Gasteiger charge is 2.11. The average molecular weight is 220 g/mol. The summed E-state index contributed by atoms with van der Waals surface area (Å²) in [6.45, 7) is 1.85. The second-order valence-electron chi connectivity index (χ2n) is 3.53. The van der Waals surface area contributed by atoms with Gasteiger partial charge in [-0.1, -0.05) is 6.08 Å². The van der Waals surface area contributed by atoms with Gasteiger partial charge in [0.1, 0.15) is 11.3 Å². The molecule has 6 nitrogen and oxygen atoms in total. The summed E-state index contributed by atoms with van der Waals surface area (Å²) in [6, 6.07) is 0. The van der Waals surface area contributed by atoms with Gasteiger partial charge in [-0.2, -0.15) is 0 Å². The van der Waals surface area contributed by atoms with Crippen molar-refractivity contribution in [3.8, 4) is 0 Å². The Bertz CT molecular complexity index is 687. The van der Waals surface area contributed by atoms with Crippen molar-refractivity contribution in [3.63, 3.8) is 0 Å². The number of aryl methyl sites for hydroxylation is 1. The Hall–Kier alpha value is -2.11. The zero-order valence-electron chi connectivity index (χ0n) is 9.31. The van der Waals surface area contributed by atoms with Crippen LogP contribution in [-0.4, -0.2) is 19.1 Å². The number of hydrogen-bond donors (Lipinski definition) is 1. The number of fused-ring (bicyclic) bond motifs is 1. The topological polar surface area (TPSA) is 72.7 Å². The average Bonchev–Trinajstić information content (AvgIpc) is 2.68. The van der Waals surface area contributed by atoms with Crippen LogP contribution in [0.5, 0.6) is 0 Å². The molecule has 0 bridgehead atoms. The van der Waals surface area contributed by atoms with Gasteiger partial charge in [0, 0.05) is 14.1 Å². The van der Waals surface area contributed by atoms with Crippen LogP contribution in [0, 0.1) is 0 Å². The molecule has 0 aliphatic rings. The highest BCUT2D eigenvalue weighted by atomic mass is 16.2. The largest absolute Gasteiger partial charge is 0.333 e. The maximum atomic E-state index is 11.8. The van der Waals surface area contributed by atoms with Crippen molar-refractivity contribution in [2.24, 2.45) is 14.1 Å². The van der Waals surface area contributed by atoms with E-state index in [0.29, 0.717) is 17.0 Å². The van der Waals surface area contributed by atoms with Crippen LogP contribution in [0.15, 0.2) is 15.7 Å². The quantitative estimate of drug-likeness (QED) is 0.734. The number of imidazole rings is 1. The van der Waals surface area contributed by atoms with E-state index >= 15 is 0 Å². The fraction of sp³-hybridized carbons (Fsp3) is 0.300. The first-order chi connectivity index (χ1) is 7.56. The van der Waals surface area contributed by atoms with Crippen molar-refractivity contribution >= 4 is 17.2 Å². The van der Waals surface area contributed by atoms with Gasteiger partial charge in [-0.25, -0.2) is 9.78 Å². The van der Waals surface area contributed by atoms with Gasteiger partial charge in [0.05, 0.1) is 0 Å². The lowest BCUT2D eigenvalue weighted by molar-refractivity contribution is 0.709. The Morgan fingerprint density at radius 1 is 1.25 bits per heavy atom. The minimum atomic E-state index is -0.379. The molecule has 0 aromatic carbocycles. The molecule has 0 aliphatic heterocycles. The molecule has 0 fully saturated rings. The Balaban J connectivity index is 2.98. The van der Waals surface area contributed by atoms with Crippen LogP contribution >= 0.6 is 0 Å². The SMILES string of the molecule is CC=Cc1nc2c([nH]1)c(=O)n(C)c(=O)n2C. The van der Waals surface area contributed by atoms with Gasteiger partial charge >= 0.3 is 5.69 Å². The molecule has 0 amide bonds. The van der Waals surface area contributed by atoms with Crippen LogP contribution in [0.4, 0.5) is 0 Å². The smallest absolute Gasteiger partial charge is 0.332 e. The first-order valence-corrected chi connectivity index (χ1v) is 4.84. The van der Waals surface area contributed by atoms with Gasteiger partial charge < -0.3 is 4.98 Å². The van der Waals surface area contributed by atoms with Crippen molar-refractivity contribution in [3.05, 3.63) is 32.7 Å². The molecule has 84 valence electrons. The number of H-pyrrole nitrogens is 1. The molecule has 0 aliphatic carbocycles. The van der Waals surface area contributed by atoms with E-state index in [2.05, 4.69) is 9.97 Å². The Kier molecular flexibility index (Phi) is 2.26. The summed E-state index contributed by atoms with van der Waals surface area (Å²) in [4.78, 5) is 30.5. The summed E-state index contributed by atoms with van der Waals surface area (Å²) in [5, 5.41) is 0. The van der Waals surface area contributed by atoms with E-state index < -0.39 is 0 Å². The molecule has 1 N–H and O–H groups in total. The van der Waals surface area contributed by atoms with Gasteiger partial charge in [-0.3, -0.25) is 13.9 Å². The molecule has 16 heavy (non-hydrogen) atoms. The third-order valence-electron chi connectivity index (χ3n) is 2.44. The Morgan fingerprint density at radius 2 is 1.94 bits per heavy atom. The summed E-state index contributed by atoms with van der Waals surface area (Å²) in [6.07, 6.45) is 3.55. The number of nitrogens with one attached hydrogen (secondary N) is 1. The van der Waals surface area contributed by atoms with Crippen molar-refractivity contribution in [2.45, 2.75) is 6.92 Å². The second-order valence-corrected chi connectivity index (χ2v) is 3.53. The maximum Gasteiger partial charge on any atom is 0.332 e. The molecule has 2 aromatic heterocycles. The number of aromatic amines is 1. The third-order valence-corrected chi connectivity index (χ3v) is 2.44. The predicted octanol–water partition coefficient (Wildman–Crippen LogP) is -0.00660. The normalized spacial score (nSPS) is 11.7. The molecule has 6 heteroatoms. The standard InChI is InChI=1S/C10H12N4O2/c1-4-5-6-11-7-8(12-6)13(2)10(16)14(3)9(7)15/h4-5H,1-3H3,(H,11,12). The molecule has 2 rings (SSSR count). The molecular formula is C10H12N4O2. The van der Waals surface area contributed by atoms with E-state index in [1.807, 2.05) is 6.92 Å². The van der Waals surface area contributed by atoms with Gasteiger partial charge in [-0.05, 0) is 13.0 Å². The summed E-state index contributed by atoms with van der Waals surface area (Å²) >= 11 is 0. The van der Waals surface area contributed by atoms with Crippen LogP contribution < -0.4 is 11.2 Å². The highest BCUT2D eigenvalue weighted by molar-refractivity contribution is 5.71. The number of aromatic nitrogens is 4. The molecule has 0 radical (unpaired) electrons. The van der Waals surface area contributed by atoms with Crippen molar-refractivity contribution in [2.75, 3.05) is 0 Å². The van der Waals surface area contributed by atoms with Gasteiger partial charge in [0.25, 0.3) is 5.56 Å². The van der Waals surface area contributed by atoms with E-state index in [-0.39, 0.29) is 11.2 Å². The molecule has 2 aromatic rings. The number of allylic oxidation sites excluding steroid dienone is 1. The van der Waals surface area contributed by atoms with Crippen molar-refractivity contribution in [1.29, 1.82) is 0 Å². The molecule has 0 saturated heterocycles. The molecule has 0 saturated carbocycles. The zero-order valence-corrected chi connectivity index (χ0v) is 9.31. The van der Waals surface area contributed by atoms with E-state index in [9.17, 15) is 9.59 Å². The fourth-order valence-electron chi connectivity index (χ4n) is 1.58. The molecule has 2 heterocycles. The molecule has 0 spiro atoms. The minimum absolute atomic E-state index is 0.345. The van der Waals surface area contributed by atoms with Crippen LogP contribution in [0.1, 0.15) is 12.7 Å². The molecule has 0 unspecified atom stereocenters. The van der Waals surface area contributed by atoms with Crippen LogP contribution in [0.3, 0.4) is 0 Å². The van der Waals surface area contributed by atoms with Crippen molar-refractivity contribution in [1.82, 2.24) is 19.1 Å². The second kappa shape index (κ2) is 3.48.